The molecule has 0 radical (unpaired) electrons. The number of aromatic nitrogens is 2. The number of nitrogens with zero attached hydrogens (tertiary/aromatic N) is 3. The summed E-state index contributed by atoms with van der Waals surface area (Å²) in [7, 11) is 0. The van der Waals surface area contributed by atoms with Crippen LogP contribution in [0.25, 0.3) is 0 Å². The average Bonchev–Trinajstić information content (AvgIpc) is 2.80. The molecule has 1 saturated carbocycles. The molecular weight excluding hydrogens is 214 g/mol. The Bertz CT molecular complexity index is 414. The van der Waals surface area contributed by atoms with E-state index >= 15 is 0 Å². The molecule has 0 aromatic carbocycles. The Hall–Kier alpha value is -1.16. The van der Waals surface area contributed by atoms with E-state index in [-0.39, 0.29) is 6.10 Å². The van der Waals surface area contributed by atoms with Crippen molar-refractivity contribution in [3.63, 3.8) is 0 Å². The van der Waals surface area contributed by atoms with E-state index in [1.807, 2.05) is 19.9 Å². The van der Waals surface area contributed by atoms with Gasteiger partial charge in [0, 0.05) is 30.8 Å². The molecule has 1 aliphatic heterocycles. The molecule has 2 fully saturated rings. The van der Waals surface area contributed by atoms with E-state index in [9.17, 15) is 5.11 Å². The third-order valence-electron chi connectivity index (χ3n) is 4.10. The molecule has 1 aromatic rings. The minimum Gasteiger partial charge on any atom is -0.393 e. The van der Waals surface area contributed by atoms with Gasteiger partial charge >= 0.3 is 0 Å². The van der Waals surface area contributed by atoms with Gasteiger partial charge in [0.1, 0.15) is 11.6 Å². The van der Waals surface area contributed by atoms with Crippen molar-refractivity contribution in [2.75, 3.05) is 18.0 Å². The minimum absolute atomic E-state index is 0.103. The van der Waals surface area contributed by atoms with Gasteiger partial charge < -0.3 is 10.0 Å². The Balaban J connectivity index is 1.82. The first kappa shape index (κ1) is 11.0. The number of fused-ring (bicyclic) bond motifs is 1. The first-order valence-electron chi connectivity index (χ1n) is 6.39. The van der Waals surface area contributed by atoms with Crippen LogP contribution in [0, 0.1) is 25.7 Å². The molecule has 0 amide bonds. The monoisotopic (exact) mass is 233 g/mol. The van der Waals surface area contributed by atoms with Gasteiger partial charge in [-0.3, -0.25) is 0 Å². The summed E-state index contributed by atoms with van der Waals surface area (Å²) in [5.41, 5.74) is 1.02. The number of rotatable bonds is 1. The molecule has 2 heterocycles. The predicted octanol–water partition coefficient (Wildman–Crippen LogP) is 1.30. The maximum atomic E-state index is 9.91. The van der Waals surface area contributed by atoms with Crippen LogP contribution in [-0.2, 0) is 0 Å². The Kier molecular flexibility index (Phi) is 2.54. The van der Waals surface area contributed by atoms with Crippen LogP contribution < -0.4 is 4.90 Å². The van der Waals surface area contributed by atoms with E-state index in [1.165, 1.54) is 0 Å². The number of hydrogen-bond acceptors (Lipinski definition) is 4. The van der Waals surface area contributed by atoms with Crippen molar-refractivity contribution in [3.8, 4) is 0 Å². The van der Waals surface area contributed by atoms with E-state index in [4.69, 9.17) is 0 Å². The second-order valence-electron chi connectivity index (χ2n) is 5.39. The van der Waals surface area contributed by atoms with E-state index in [1.54, 1.807) is 0 Å². The molecule has 1 saturated heterocycles. The normalized spacial score (nSPS) is 31.9. The van der Waals surface area contributed by atoms with Gasteiger partial charge in [-0.1, -0.05) is 0 Å². The van der Waals surface area contributed by atoms with Gasteiger partial charge in [-0.15, -0.1) is 0 Å². The van der Waals surface area contributed by atoms with Crippen molar-refractivity contribution in [1.29, 1.82) is 0 Å². The first-order valence-corrected chi connectivity index (χ1v) is 6.39. The average molecular weight is 233 g/mol. The van der Waals surface area contributed by atoms with Crippen LogP contribution in [0.4, 0.5) is 5.82 Å². The van der Waals surface area contributed by atoms with E-state index < -0.39 is 0 Å². The summed E-state index contributed by atoms with van der Waals surface area (Å²) in [5.74, 6) is 2.96. The fourth-order valence-electron chi connectivity index (χ4n) is 3.28. The zero-order valence-corrected chi connectivity index (χ0v) is 10.4. The molecule has 4 nitrogen and oxygen atoms in total. The van der Waals surface area contributed by atoms with E-state index in [2.05, 4.69) is 14.9 Å². The highest BCUT2D eigenvalue weighted by atomic mass is 16.3. The zero-order valence-electron chi connectivity index (χ0n) is 10.4. The number of anilines is 1. The summed E-state index contributed by atoms with van der Waals surface area (Å²) in [6.07, 6.45) is 2.03. The highest BCUT2D eigenvalue weighted by Gasteiger charge is 2.42. The van der Waals surface area contributed by atoms with Crippen LogP contribution in [0.2, 0.25) is 0 Å². The second kappa shape index (κ2) is 3.95. The molecule has 0 bridgehead atoms. The maximum absolute atomic E-state index is 9.91. The van der Waals surface area contributed by atoms with Crippen molar-refractivity contribution in [2.24, 2.45) is 11.8 Å². The third-order valence-corrected chi connectivity index (χ3v) is 4.10. The summed E-state index contributed by atoms with van der Waals surface area (Å²) in [4.78, 5) is 11.1. The van der Waals surface area contributed by atoms with Crippen molar-refractivity contribution in [1.82, 2.24) is 9.97 Å². The Morgan fingerprint density at radius 3 is 2.76 bits per heavy atom. The molecule has 2 aliphatic rings. The van der Waals surface area contributed by atoms with Gasteiger partial charge in [0.15, 0.2) is 0 Å². The summed E-state index contributed by atoms with van der Waals surface area (Å²) in [5, 5.41) is 9.91. The molecule has 1 aromatic heterocycles. The predicted molar refractivity (Wildman–Crippen MR) is 65.9 cm³/mol. The molecule has 92 valence electrons. The topological polar surface area (TPSA) is 49.2 Å². The first-order chi connectivity index (χ1) is 8.13. The molecule has 1 aliphatic carbocycles. The molecule has 3 rings (SSSR count). The molecule has 3 atom stereocenters. The zero-order chi connectivity index (χ0) is 12.0. The molecule has 4 heteroatoms. The van der Waals surface area contributed by atoms with Crippen molar-refractivity contribution >= 4 is 5.82 Å². The van der Waals surface area contributed by atoms with Crippen LogP contribution in [-0.4, -0.2) is 34.3 Å². The number of aliphatic hydroxyl groups is 1. The molecule has 3 unspecified atom stereocenters. The number of aryl methyl sites for hydroxylation is 2. The van der Waals surface area contributed by atoms with Crippen molar-refractivity contribution in [3.05, 3.63) is 17.6 Å². The maximum Gasteiger partial charge on any atom is 0.132 e. The highest BCUT2D eigenvalue weighted by molar-refractivity contribution is 5.41. The lowest BCUT2D eigenvalue weighted by molar-refractivity contribution is 0.133. The Morgan fingerprint density at radius 1 is 1.24 bits per heavy atom. The summed E-state index contributed by atoms with van der Waals surface area (Å²) in [6.45, 7) is 5.92. The summed E-state index contributed by atoms with van der Waals surface area (Å²) < 4.78 is 0. The molecule has 0 spiro atoms. The van der Waals surface area contributed by atoms with Gasteiger partial charge in [-0.2, -0.15) is 0 Å². The van der Waals surface area contributed by atoms with Crippen LogP contribution in [0.5, 0.6) is 0 Å². The van der Waals surface area contributed by atoms with Crippen LogP contribution in [0.1, 0.15) is 24.4 Å². The smallest absolute Gasteiger partial charge is 0.132 e. The highest BCUT2D eigenvalue weighted by Crippen LogP contribution is 2.39. The summed E-state index contributed by atoms with van der Waals surface area (Å²) >= 11 is 0. The quantitative estimate of drug-likeness (QED) is 0.794. The largest absolute Gasteiger partial charge is 0.393 e. The van der Waals surface area contributed by atoms with Gasteiger partial charge in [0.25, 0.3) is 0 Å². The standard InChI is InChI=1S/C13H19N3O/c1-8-5-13(15-9(2)14-8)16-6-10-3-4-12(17)11(10)7-16/h5,10-12,17H,3-4,6-7H2,1-2H3. The summed E-state index contributed by atoms with van der Waals surface area (Å²) in [6, 6.07) is 2.04. The number of aliphatic hydroxyl groups excluding tert-OH is 1. The molecule has 17 heavy (non-hydrogen) atoms. The van der Waals surface area contributed by atoms with E-state index in [0.717, 1.165) is 43.3 Å². The van der Waals surface area contributed by atoms with Gasteiger partial charge in [0.05, 0.1) is 6.10 Å². The lowest BCUT2D eigenvalue weighted by Crippen LogP contribution is -2.25. The van der Waals surface area contributed by atoms with Crippen LogP contribution in [0.3, 0.4) is 0 Å². The fraction of sp³-hybridized carbons (Fsp3) is 0.692. The van der Waals surface area contributed by atoms with Gasteiger partial charge in [0.2, 0.25) is 0 Å². The Morgan fingerprint density at radius 2 is 2.06 bits per heavy atom. The van der Waals surface area contributed by atoms with Crippen LogP contribution in [0.15, 0.2) is 6.07 Å². The van der Waals surface area contributed by atoms with Crippen molar-refractivity contribution in [2.45, 2.75) is 32.8 Å². The van der Waals surface area contributed by atoms with Gasteiger partial charge in [-0.05, 0) is 32.6 Å². The third kappa shape index (κ3) is 1.90. The van der Waals surface area contributed by atoms with E-state index in [0.29, 0.717) is 11.8 Å². The molecule has 1 N–H and O–H groups in total. The second-order valence-corrected chi connectivity index (χ2v) is 5.39. The van der Waals surface area contributed by atoms with Gasteiger partial charge in [-0.25, -0.2) is 9.97 Å². The SMILES string of the molecule is Cc1cc(N2CC3CCC(O)C3C2)nc(C)n1. The number of hydrogen-bond donors (Lipinski definition) is 1. The fourth-order valence-corrected chi connectivity index (χ4v) is 3.28. The van der Waals surface area contributed by atoms with Crippen LogP contribution >= 0.6 is 0 Å². The minimum atomic E-state index is -0.103. The van der Waals surface area contributed by atoms with Crippen molar-refractivity contribution < 1.29 is 5.11 Å². The lowest BCUT2D eigenvalue weighted by atomic mass is 10.00. The lowest BCUT2D eigenvalue weighted by Gasteiger charge is -2.19. The Labute approximate surface area is 102 Å². The molecular formula is C13H19N3O.